The number of carbonyl (C=O) groups excluding carboxylic acids is 1. The Morgan fingerprint density at radius 1 is 1.50 bits per heavy atom. The van der Waals surface area contributed by atoms with E-state index in [4.69, 9.17) is 20.6 Å². The van der Waals surface area contributed by atoms with Crippen molar-refractivity contribution in [2.24, 2.45) is 0 Å². The lowest BCUT2D eigenvalue weighted by Gasteiger charge is -2.28. The maximum atomic E-state index is 12.2. The zero-order valence-electron chi connectivity index (χ0n) is 11.6. The molecule has 1 aliphatic heterocycles. The van der Waals surface area contributed by atoms with E-state index in [0.717, 1.165) is 5.56 Å². The topological polar surface area (TPSA) is 56.8 Å². The first kappa shape index (κ1) is 14.2. The van der Waals surface area contributed by atoms with Gasteiger partial charge in [0.05, 0.1) is 13.2 Å². The lowest BCUT2D eigenvalue weighted by molar-refractivity contribution is -0.150. The number of terminal acetylenes is 1. The Balaban J connectivity index is 2.35. The van der Waals surface area contributed by atoms with Gasteiger partial charge in [-0.3, -0.25) is 5.32 Å². The molecule has 0 amide bonds. The molecule has 0 bridgehead atoms. The van der Waals surface area contributed by atoms with Crippen LogP contribution >= 0.6 is 0 Å². The Kier molecular flexibility index (Phi) is 4.16. The van der Waals surface area contributed by atoms with Crippen molar-refractivity contribution in [3.63, 3.8) is 0 Å². The second-order valence-corrected chi connectivity index (χ2v) is 4.47. The summed E-state index contributed by atoms with van der Waals surface area (Å²) in [5.74, 6) is 3.36. The molecule has 5 nitrogen and oxygen atoms in total. The van der Waals surface area contributed by atoms with Gasteiger partial charge in [-0.15, -0.1) is 6.42 Å². The second-order valence-electron chi connectivity index (χ2n) is 4.47. The summed E-state index contributed by atoms with van der Waals surface area (Å²) in [6, 6.07) is 5.34. The van der Waals surface area contributed by atoms with Crippen molar-refractivity contribution in [1.29, 1.82) is 0 Å². The summed E-state index contributed by atoms with van der Waals surface area (Å²) >= 11 is 0. The first-order valence-electron chi connectivity index (χ1n) is 6.37. The standard InChI is InChI=1S/C15H17NO4/c1-4-8-16-15(3,14(17)18-5-2)11-6-7-12-13(9-11)20-10-19-12/h1,6-7,9,16H,5,8,10H2,2-3H3. The average molecular weight is 275 g/mol. The fourth-order valence-electron chi connectivity index (χ4n) is 2.00. The maximum absolute atomic E-state index is 12.2. The van der Waals surface area contributed by atoms with Crippen LogP contribution < -0.4 is 14.8 Å². The van der Waals surface area contributed by atoms with Crippen molar-refractivity contribution in [3.05, 3.63) is 23.8 Å². The van der Waals surface area contributed by atoms with Crippen LogP contribution in [0.25, 0.3) is 0 Å². The van der Waals surface area contributed by atoms with Gasteiger partial charge in [0, 0.05) is 0 Å². The fraction of sp³-hybridized carbons (Fsp3) is 0.400. The molecule has 20 heavy (non-hydrogen) atoms. The fourth-order valence-corrected chi connectivity index (χ4v) is 2.00. The summed E-state index contributed by atoms with van der Waals surface area (Å²) in [7, 11) is 0. The molecule has 2 rings (SSSR count). The Morgan fingerprint density at radius 3 is 2.95 bits per heavy atom. The summed E-state index contributed by atoms with van der Waals surface area (Å²) in [5, 5.41) is 3.03. The van der Waals surface area contributed by atoms with Crippen molar-refractivity contribution < 1.29 is 19.0 Å². The Labute approximate surface area is 118 Å². The molecule has 0 fully saturated rings. The van der Waals surface area contributed by atoms with Gasteiger partial charge < -0.3 is 14.2 Å². The van der Waals surface area contributed by atoms with Gasteiger partial charge in [0.15, 0.2) is 11.5 Å². The lowest BCUT2D eigenvalue weighted by Crippen LogP contribution is -2.47. The summed E-state index contributed by atoms with van der Waals surface area (Å²) in [6.07, 6.45) is 5.27. The molecule has 0 saturated heterocycles. The second kappa shape index (κ2) is 5.85. The highest BCUT2D eigenvalue weighted by Gasteiger charge is 2.37. The van der Waals surface area contributed by atoms with Gasteiger partial charge >= 0.3 is 5.97 Å². The number of hydrogen-bond donors (Lipinski definition) is 1. The molecule has 1 aromatic carbocycles. The first-order valence-corrected chi connectivity index (χ1v) is 6.37. The molecule has 1 unspecified atom stereocenters. The highest BCUT2D eigenvalue weighted by molar-refractivity contribution is 5.82. The van der Waals surface area contributed by atoms with Crippen LogP contribution in [0, 0.1) is 12.3 Å². The highest BCUT2D eigenvalue weighted by Crippen LogP contribution is 2.36. The lowest BCUT2D eigenvalue weighted by atomic mass is 9.91. The van der Waals surface area contributed by atoms with Crippen LogP contribution in [0.15, 0.2) is 18.2 Å². The third-order valence-electron chi connectivity index (χ3n) is 3.18. The Morgan fingerprint density at radius 2 is 2.25 bits per heavy atom. The number of ether oxygens (including phenoxy) is 3. The molecular weight excluding hydrogens is 258 g/mol. The predicted molar refractivity (Wildman–Crippen MR) is 73.4 cm³/mol. The van der Waals surface area contributed by atoms with Gasteiger partial charge in [0.2, 0.25) is 6.79 Å². The van der Waals surface area contributed by atoms with E-state index in [2.05, 4.69) is 11.2 Å². The number of carbonyl (C=O) groups is 1. The summed E-state index contributed by atoms with van der Waals surface area (Å²) in [6.45, 7) is 4.24. The smallest absolute Gasteiger partial charge is 0.330 e. The predicted octanol–water partition coefficient (Wildman–Crippen LogP) is 1.42. The minimum atomic E-state index is -1.02. The molecule has 1 aliphatic rings. The average Bonchev–Trinajstić information content (AvgIpc) is 2.92. The molecule has 0 aromatic heterocycles. The summed E-state index contributed by atoms with van der Waals surface area (Å²) in [5.41, 5.74) is -0.306. The van der Waals surface area contributed by atoms with E-state index in [9.17, 15) is 4.79 Å². The number of rotatable bonds is 5. The van der Waals surface area contributed by atoms with Crippen LogP contribution in [0.3, 0.4) is 0 Å². The van der Waals surface area contributed by atoms with E-state index in [1.165, 1.54) is 0 Å². The molecule has 0 saturated carbocycles. The van der Waals surface area contributed by atoms with E-state index in [1.807, 2.05) is 0 Å². The van der Waals surface area contributed by atoms with Crippen LogP contribution in [0.4, 0.5) is 0 Å². The third kappa shape index (κ3) is 2.56. The van der Waals surface area contributed by atoms with Crippen LogP contribution in [-0.2, 0) is 15.1 Å². The first-order chi connectivity index (χ1) is 9.61. The van der Waals surface area contributed by atoms with Gasteiger partial charge in [-0.25, -0.2) is 4.79 Å². The van der Waals surface area contributed by atoms with Gasteiger partial charge in [-0.1, -0.05) is 12.0 Å². The molecule has 0 spiro atoms. The van der Waals surface area contributed by atoms with E-state index < -0.39 is 5.54 Å². The Hall–Kier alpha value is -2.19. The summed E-state index contributed by atoms with van der Waals surface area (Å²) in [4.78, 5) is 12.2. The minimum Gasteiger partial charge on any atom is -0.464 e. The molecule has 1 N–H and O–H groups in total. The molecule has 0 aliphatic carbocycles. The largest absolute Gasteiger partial charge is 0.464 e. The molecule has 106 valence electrons. The monoisotopic (exact) mass is 275 g/mol. The maximum Gasteiger partial charge on any atom is 0.330 e. The molecule has 1 atom stereocenters. The number of benzene rings is 1. The highest BCUT2D eigenvalue weighted by atomic mass is 16.7. The normalized spacial score (nSPS) is 15.2. The number of esters is 1. The molecular formula is C15H17NO4. The SMILES string of the molecule is C#CCNC(C)(C(=O)OCC)c1ccc2c(c1)OCO2. The van der Waals surface area contributed by atoms with Gasteiger partial charge in [-0.05, 0) is 31.5 Å². The molecule has 0 radical (unpaired) electrons. The minimum absolute atomic E-state index is 0.187. The molecule has 1 aromatic rings. The zero-order valence-corrected chi connectivity index (χ0v) is 11.6. The van der Waals surface area contributed by atoms with Crippen molar-refractivity contribution in [2.75, 3.05) is 19.9 Å². The van der Waals surface area contributed by atoms with Crippen molar-refractivity contribution >= 4 is 5.97 Å². The Bertz CT molecular complexity index is 549. The van der Waals surface area contributed by atoms with Crippen molar-refractivity contribution in [3.8, 4) is 23.8 Å². The summed E-state index contributed by atoms with van der Waals surface area (Å²) < 4.78 is 15.7. The number of hydrogen-bond acceptors (Lipinski definition) is 5. The van der Waals surface area contributed by atoms with Gasteiger partial charge in [0.1, 0.15) is 5.54 Å². The number of fused-ring (bicyclic) bond motifs is 1. The quantitative estimate of drug-likeness (QED) is 0.650. The van der Waals surface area contributed by atoms with Crippen molar-refractivity contribution in [1.82, 2.24) is 5.32 Å². The molecule has 5 heteroatoms. The van der Waals surface area contributed by atoms with Crippen LogP contribution in [0.2, 0.25) is 0 Å². The van der Waals surface area contributed by atoms with Crippen LogP contribution in [-0.4, -0.2) is 25.9 Å². The molecule has 1 heterocycles. The van der Waals surface area contributed by atoms with E-state index in [-0.39, 0.29) is 19.3 Å². The third-order valence-corrected chi connectivity index (χ3v) is 3.18. The van der Waals surface area contributed by atoms with Gasteiger partial charge in [-0.2, -0.15) is 0 Å². The zero-order chi connectivity index (χ0) is 14.6. The van der Waals surface area contributed by atoms with Crippen LogP contribution in [0.1, 0.15) is 19.4 Å². The number of nitrogens with one attached hydrogen (secondary N) is 1. The van der Waals surface area contributed by atoms with E-state index in [0.29, 0.717) is 18.1 Å². The van der Waals surface area contributed by atoms with E-state index >= 15 is 0 Å². The van der Waals surface area contributed by atoms with Crippen molar-refractivity contribution in [2.45, 2.75) is 19.4 Å². The van der Waals surface area contributed by atoms with Crippen LogP contribution in [0.5, 0.6) is 11.5 Å². The van der Waals surface area contributed by atoms with E-state index in [1.54, 1.807) is 32.0 Å². The van der Waals surface area contributed by atoms with Gasteiger partial charge in [0.25, 0.3) is 0 Å².